The summed E-state index contributed by atoms with van der Waals surface area (Å²) in [7, 11) is 0. The molecule has 0 atom stereocenters. The number of hydrazine groups is 1. The Labute approximate surface area is 109 Å². The van der Waals surface area contributed by atoms with Crippen LogP contribution in [0.4, 0.5) is 5.69 Å². The quantitative estimate of drug-likeness (QED) is 0.758. The van der Waals surface area contributed by atoms with Gasteiger partial charge < -0.3 is 10.5 Å². The first-order valence-electron chi connectivity index (χ1n) is 5.27. The lowest BCUT2D eigenvalue weighted by Gasteiger charge is -2.09. The van der Waals surface area contributed by atoms with Crippen LogP contribution in [0.5, 0.6) is 5.75 Å². The number of phenolic OH excluding ortho intramolecular Hbond substituents is 1. The molecule has 0 fully saturated rings. The van der Waals surface area contributed by atoms with Crippen LogP contribution < -0.4 is 10.9 Å². The normalized spacial score (nSPS) is 10.2. The van der Waals surface area contributed by atoms with Gasteiger partial charge in [-0.3, -0.25) is 0 Å². The summed E-state index contributed by atoms with van der Waals surface area (Å²) in [5.41, 5.74) is 8.31. The number of aromatic hydroxyl groups is 1. The van der Waals surface area contributed by atoms with Crippen molar-refractivity contribution in [3.8, 4) is 5.75 Å². The summed E-state index contributed by atoms with van der Waals surface area (Å²) in [4.78, 5) is 0. The monoisotopic (exact) mass is 292 g/mol. The average molecular weight is 293 g/mol. The van der Waals surface area contributed by atoms with Gasteiger partial charge in [-0.25, -0.2) is 5.43 Å². The van der Waals surface area contributed by atoms with E-state index in [2.05, 4.69) is 26.8 Å². The maximum Gasteiger partial charge on any atom is 0.116 e. The summed E-state index contributed by atoms with van der Waals surface area (Å²) >= 11 is 3.41. The minimum absolute atomic E-state index is 0.261. The zero-order valence-corrected chi connectivity index (χ0v) is 10.7. The van der Waals surface area contributed by atoms with E-state index in [1.807, 2.05) is 36.4 Å². The molecule has 2 aromatic carbocycles. The largest absolute Gasteiger partial charge is 0.508 e. The van der Waals surface area contributed by atoms with Crippen LogP contribution in [0.2, 0.25) is 0 Å². The van der Waals surface area contributed by atoms with Crippen molar-refractivity contribution < 1.29 is 5.11 Å². The zero-order valence-electron chi connectivity index (χ0n) is 9.15. The van der Waals surface area contributed by atoms with Crippen LogP contribution in [0.3, 0.4) is 0 Å². The molecule has 2 aromatic rings. The molecular formula is C13H13BrN2O. The Morgan fingerprint density at radius 1 is 1.06 bits per heavy atom. The van der Waals surface area contributed by atoms with Crippen LogP contribution >= 0.6 is 15.9 Å². The van der Waals surface area contributed by atoms with Crippen molar-refractivity contribution in [1.29, 1.82) is 0 Å². The molecule has 0 amide bonds. The highest BCUT2D eigenvalue weighted by Gasteiger charge is 2.00. The van der Waals surface area contributed by atoms with Crippen molar-refractivity contribution >= 4 is 21.6 Å². The summed E-state index contributed by atoms with van der Waals surface area (Å²) in [6.07, 6.45) is 0. The topological polar surface area (TPSA) is 44.3 Å². The number of hydrogen-bond acceptors (Lipinski definition) is 3. The van der Waals surface area contributed by atoms with E-state index in [0.29, 0.717) is 6.54 Å². The number of phenols is 1. The number of halogens is 1. The number of para-hydroxylation sites is 1. The van der Waals surface area contributed by atoms with E-state index in [1.54, 1.807) is 12.1 Å². The highest BCUT2D eigenvalue weighted by Crippen LogP contribution is 2.21. The molecule has 3 N–H and O–H groups in total. The van der Waals surface area contributed by atoms with Gasteiger partial charge in [0.05, 0.1) is 0 Å². The lowest BCUT2D eigenvalue weighted by atomic mass is 10.2. The van der Waals surface area contributed by atoms with Crippen LogP contribution in [-0.4, -0.2) is 5.11 Å². The lowest BCUT2D eigenvalue weighted by molar-refractivity contribution is 0.474. The number of nitrogens with one attached hydrogen (secondary N) is 2. The summed E-state index contributed by atoms with van der Waals surface area (Å²) in [5, 5.41) is 9.27. The lowest BCUT2D eigenvalue weighted by Crippen LogP contribution is -2.20. The summed E-state index contributed by atoms with van der Waals surface area (Å²) in [6.45, 7) is 0.662. The van der Waals surface area contributed by atoms with Gasteiger partial charge in [-0.15, -0.1) is 0 Å². The average Bonchev–Trinajstić information content (AvgIpc) is 2.33. The molecule has 0 unspecified atom stereocenters. The van der Waals surface area contributed by atoms with Crippen molar-refractivity contribution in [3.05, 3.63) is 58.6 Å². The Bertz CT molecular complexity index is 488. The minimum atomic E-state index is 0.261. The molecule has 4 heteroatoms. The number of hydrogen-bond donors (Lipinski definition) is 3. The third-order valence-corrected chi connectivity index (χ3v) is 3.06. The molecule has 2 rings (SSSR count). The van der Waals surface area contributed by atoms with E-state index in [0.717, 1.165) is 15.7 Å². The molecular weight excluding hydrogens is 280 g/mol. The Balaban J connectivity index is 1.90. The summed E-state index contributed by atoms with van der Waals surface area (Å²) in [5.74, 6) is 0.261. The van der Waals surface area contributed by atoms with Crippen molar-refractivity contribution in [1.82, 2.24) is 5.43 Å². The van der Waals surface area contributed by atoms with Crippen LogP contribution in [0, 0.1) is 0 Å². The molecule has 17 heavy (non-hydrogen) atoms. The third kappa shape index (κ3) is 3.47. The van der Waals surface area contributed by atoms with E-state index in [1.165, 1.54) is 0 Å². The maximum absolute atomic E-state index is 9.27. The molecule has 3 nitrogen and oxygen atoms in total. The van der Waals surface area contributed by atoms with Crippen molar-refractivity contribution in [2.75, 3.05) is 5.43 Å². The fourth-order valence-corrected chi connectivity index (χ4v) is 1.95. The van der Waals surface area contributed by atoms with Crippen LogP contribution in [0.15, 0.2) is 53.0 Å². The third-order valence-electron chi connectivity index (χ3n) is 2.32. The Hall–Kier alpha value is -1.52. The van der Waals surface area contributed by atoms with Gasteiger partial charge in [0, 0.05) is 16.7 Å². The molecule has 0 heterocycles. The van der Waals surface area contributed by atoms with Crippen LogP contribution in [-0.2, 0) is 6.54 Å². The summed E-state index contributed by atoms with van der Waals surface area (Å²) < 4.78 is 0.889. The Morgan fingerprint density at radius 2 is 1.82 bits per heavy atom. The van der Waals surface area contributed by atoms with Gasteiger partial charge in [-0.1, -0.05) is 40.2 Å². The maximum atomic E-state index is 9.27. The molecule has 0 aromatic heterocycles. The van der Waals surface area contributed by atoms with E-state index in [9.17, 15) is 5.11 Å². The molecule has 0 aliphatic rings. The van der Waals surface area contributed by atoms with Crippen LogP contribution in [0.1, 0.15) is 5.56 Å². The predicted octanol–water partition coefficient (Wildman–Crippen LogP) is 3.27. The van der Waals surface area contributed by atoms with Crippen molar-refractivity contribution in [2.45, 2.75) is 6.54 Å². The molecule has 0 radical (unpaired) electrons. The first-order chi connectivity index (χ1) is 8.25. The minimum Gasteiger partial charge on any atom is -0.508 e. The molecule has 0 aliphatic carbocycles. The Morgan fingerprint density at radius 3 is 2.53 bits per heavy atom. The van der Waals surface area contributed by atoms with E-state index < -0.39 is 0 Å². The smallest absolute Gasteiger partial charge is 0.116 e. The van der Waals surface area contributed by atoms with E-state index >= 15 is 0 Å². The molecule has 0 saturated heterocycles. The fourth-order valence-electron chi connectivity index (χ4n) is 1.44. The highest BCUT2D eigenvalue weighted by atomic mass is 79.9. The van der Waals surface area contributed by atoms with Crippen molar-refractivity contribution in [2.24, 2.45) is 0 Å². The van der Waals surface area contributed by atoms with E-state index in [4.69, 9.17) is 0 Å². The number of rotatable bonds is 4. The van der Waals surface area contributed by atoms with E-state index in [-0.39, 0.29) is 5.75 Å². The molecule has 0 aliphatic heterocycles. The summed E-state index contributed by atoms with van der Waals surface area (Å²) in [6, 6.07) is 15.1. The van der Waals surface area contributed by atoms with Gasteiger partial charge in [0.2, 0.25) is 0 Å². The second-order valence-electron chi connectivity index (χ2n) is 3.62. The second-order valence-corrected chi connectivity index (χ2v) is 4.47. The molecule has 0 spiro atoms. The highest BCUT2D eigenvalue weighted by molar-refractivity contribution is 9.10. The number of benzene rings is 2. The second kappa shape index (κ2) is 5.70. The Kier molecular flexibility index (Phi) is 4.01. The first-order valence-corrected chi connectivity index (χ1v) is 6.06. The molecule has 0 bridgehead atoms. The van der Waals surface area contributed by atoms with Gasteiger partial charge in [-0.2, -0.15) is 0 Å². The SMILES string of the molecule is Oc1ccc(CNNc2ccccc2)c(Br)c1. The van der Waals surface area contributed by atoms with Gasteiger partial charge in [0.15, 0.2) is 0 Å². The molecule has 0 saturated carbocycles. The van der Waals surface area contributed by atoms with Gasteiger partial charge in [-0.05, 0) is 29.8 Å². The van der Waals surface area contributed by atoms with Gasteiger partial charge >= 0.3 is 0 Å². The standard InChI is InChI=1S/C13H13BrN2O/c14-13-8-12(17)7-6-10(13)9-15-16-11-4-2-1-3-5-11/h1-8,15-17H,9H2. The number of anilines is 1. The first kappa shape index (κ1) is 12.0. The van der Waals surface area contributed by atoms with Gasteiger partial charge in [0.1, 0.15) is 5.75 Å². The van der Waals surface area contributed by atoms with Crippen molar-refractivity contribution in [3.63, 3.8) is 0 Å². The zero-order chi connectivity index (χ0) is 12.1. The predicted molar refractivity (Wildman–Crippen MR) is 72.7 cm³/mol. The van der Waals surface area contributed by atoms with Gasteiger partial charge in [0.25, 0.3) is 0 Å². The molecule has 88 valence electrons. The van der Waals surface area contributed by atoms with Crippen LogP contribution in [0.25, 0.3) is 0 Å². The fraction of sp³-hybridized carbons (Fsp3) is 0.0769.